The molecule has 0 aliphatic rings. The lowest BCUT2D eigenvalue weighted by atomic mass is 10.2. The van der Waals surface area contributed by atoms with Crippen LogP contribution in [0.25, 0.3) is 0 Å². The van der Waals surface area contributed by atoms with Gasteiger partial charge in [-0.3, -0.25) is 4.79 Å². The van der Waals surface area contributed by atoms with Gasteiger partial charge in [-0.05, 0) is 30.3 Å². The topological polar surface area (TPSA) is 73.9 Å². The fraction of sp³-hybridized carbons (Fsp3) is 0.176. The number of rotatable bonds is 6. The Hall–Kier alpha value is -2.80. The van der Waals surface area contributed by atoms with E-state index in [9.17, 15) is 14.0 Å². The van der Waals surface area contributed by atoms with Crippen LogP contribution in [0.4, 0.5) is 10.1 Å². The molecule has 2 rings (SSSR count). The van der Waals surface area contributed by atoms with Crippen molar-refractivity contribution in [2.45, 2.75) is 0 Å². The quantitative estimate of drug-likeness (QED) is 0.793. The standard InChI is InChI=1S/C17H15ClFNO5/c1-23-12-5-10(6-13(8-12)24-2)17(22)25-9-16(21)20-15-7-11(18)3-4-14(15)19/h3-8H,9H2,1-2H3,(H,20,21). The van der Waals surface area contributed by atoms with Crippen LogP contribution >= 0.6 is 11.6 Å². The number of amides is 1. The lowest BCUT2D eigenvalue weighted by molar-refractivity contribution is -0.119. The van der Waals surface area contributed by atoms with Gasteiger partial charge in [0.1, 0.15) is 17.3 Å². The minimum absolute atomic E-state index is 0.100. The van der Waals surface area contributed by atoms with Crippen molar-refractivity contribution in [2.75, 3.05) is 26.1 Å². The van der Waals surface area contributed by atoms with Gasteiger partial charge in [-0.2, -0.15) is 0 Å². The number of anilines is 1. The molecule has 132 valence electrons. The maximum atomic E-state index is 13.6. The second kappa shape index (κ2) is 8.34. The van der Waals surface area contributed by atoms with E-state index in [1.807, 2.05) is 0 Å². The second-order valence-electron chi connectivity index (χ2n) is 4.85. The Morgan fingerprint density at radius 1 is 1.08 bits per heavy atom. The van der Waals surface area contributed by atoms with Gasteiger partial charge in [0.25, 0.3) is 5.91 Å². The van der Waals surface area contributed by atoms with E-state index >= 15 is 0 Å². The predicted octanol–water partition coefficient (Wildman–Crippen LogP) is 3.29. The maximum Gasteiger partial charge on any atom is 0.338 e. The Morgan fingerprint density at radius 3 is 2.32 bits per heavy atom. The van der Waals surface area contributed by atoms with E-state index in [4.69, 9.17) is 25.8 Å². The molecule has 0 fully saturated rings. The average Bonchev–Trinajstić information content (AvgIpc) is 2.62. The fourth-order valence-electron chi connectivity index (χ4n) is 1.92. The molecular weight excluding hydrogens is 353 g/mol. The zero-order chi connectivity index (χ0) is 18.4. The summed E-state index contributed by atoms with van der Waals surface area (Å²) in [5.41, 5.74) is 0.0505. The van der Waals surface area contributed by atoms with Crippen LogP contribution in [0, 0.1) is 5.82 Å². The van der Waals surface area contributed by atoms with Gasteiger partial charge in [0.05, 0.1) is 25.5 Å². The predicted molar refractivity (Wildman–Crippen MR) is 89.9 cm³/mol. The zero-order valence-electron chi connectivity index (χ0n) is 13.5. The normalized spacial score (nSPS) is 10.1. The maximum absolute atomic E-state index is 13.6. The largest absolute Gasteiger partial charge is 0.497 e. The number of nitrogens with one attached hydrogen (secondary N) is 1. The van der Waals surface area contributed by atoms with E-state index in [0.717, 1.165) is 6.07 Å². The molecule has 25 heavy (non-hydrogen) atoms. The summed E-state index contributed by atoms with van der Waals surface area (Å²) < 4.78 is 28.6. The monoisotopic (exact) mass is 367 g/mol. The molecule has 0 saturated heterocycles. The van der Waals surface area contributed by atoms with Crippen molar-refractivity contribution < 1.29 is 28.2 Å². The number of hydrogen-bond acceptors (Lipinski definition) is 5. The van der Waals surface area contributed by atoms with Crippen molar-refractivity contribution in [1.82, 2.24) is 0 Å². The SMILES string of the molecule is COc1cc(OC)cc(C(=O)OCC(=O)Nc2cc(Cl)ccc2F)c1. The molecule has 1 N–H and O–H groups in total. The third-order valence-corrected chi connectivity index (χ3v) is 3.36. The van der Waals surface area contributed by atoms with E-state index in [1.165, 1.54) is 38.5 Å². The van der Waals surface area contributed by atoms with Crippen molar-refractivity contribution in [3.63, 3.8) is 0 Å². The van der Waals surface area contributed by atoms with Crippen molar-refractivity contribution in [1.29, 1.82) is 0 Å². The Morgan fingerprint density at radius 2 is 1.72 bits per heavy atom. The Kier molecular flexibility index (Phi) is 6.19. The number of carbonyl (C=O) groups excluding carboxylic acids is 2. The molecule has 6 nitrogen and oxygen atoms in total. The molecule has 0 radical (unpaired) electrons. The molecule has 0 aromatic heterocycles. The van der Waals surface area contributed by atoms with Gasteiger partial charge in [-0.25, -0.2) is 9.18 Å². The highest BCUT2D eigenvalue weighted by atomic mass is 35.5. The molecule has 0 saturated carbocycles. The lowest BCUT2D eigenvalue weighted by Crippen LogP contribution is -2.21. The first kappa shape index (κ1) is 18.5. The fourth-order valence-corrected chi connectivity index (χ4v) is 2.09. The molecular formula is C17H15ClFNO5. The van der Waals surface area contributed by atoms with E-state index < -0.39 is 24.3 Å². The van der Waals surface area contributed by atoms with Gasteiger partial charge in [0.15, 0.2) is 6.61 Å². The summed E-state index contributed by atoms with van der Waals surface area (Å²) in [5.74, 6) is -1.31. The number of benzene rings is 2. The summed E-state index contributed by atoms with van der Waals surface area (Å²) in [7, 11) is 2.88. The molecule has 0 bridgehead atoms. The van der Waals surface area contributed by atoms with Crippen molar-refractivity contribution >= 4 is 29.2 Å². The summed E-state index contributed by atoms with van der Waals surface area (Å²) in [4.78, 5) is 23.9. The van der Waals surface area contributed by atoms with Crippen molar-refractivity contribution in [2.24, 2.45) is 0 Å². The first-order valence-corrected chi connectivity index (χ1v) is 7.46. The molecule has 0 unspecified atom stereocenters. The Bertz CT molecular complexity index is 774. The summed E-state index contributed by atoms with van der Waals surface area (Å²) in [6.07, 6.45) is 0. The van der Waals surface area contributed by atoms with Gasteiger partial charge in [-0.15, -0.1) is 0 Å². The van der Waals surface area contributed by atoms with Gasteiger partial charge >= 0.3 is 5.97 Å². The molecule has 1 amide bonds. The summed E-state index contributed by atoms with van der Waals surface area (Å²) in [6.45, 7) is -0.593. The third-order valence-electron chi connectivity index (χ3n) is 3.12. The molecule has 0 atom stereocenters. The molecule has 8 heteroatoms. The Labute approximate surface area is 148 Å². The lowest BCUT2D eigenvalue weighted by Gasteiger charge is -2.09. The highest BCUT2D eigenvalue weighted by molar-refractivity contribution is 6.30. The van der Waals surface area contributed by atoms with Crippen LogP contribution in [0.1, 0.15) is 10.4 Å². The molecule has 0 aliphatic carbocycles. The number of carbonyl (C=O) groups is 2. The van der Waals surface area contributed by atoms with E-state index in [0.29, 0.717) is 11.5 Å². The minimum atomic E-state index is -0.751. The molecule has 0 spiro atoms. The van der Waals surface area contributed by atoms with E-state index in [2.05, 4.69) is 5.32 Å². The zero-order valence-corrected chi connectivity index (χ0v) is 14.2. The summed E-state index contributed by atoms with van der Waals surface area (Å²) in [6, 6.07) is 8.20. The number of ether oxygens (including phenoxy) is 3. The minimum Gasteiger partial charge on any atom is -0.497 e. The molecule has 0 heterocycles. The van der Waals surface area contributed by atoms with Crippen LogP contribution < -0.4 is 14.8 Å². The first-order valence-electron chi connectivity index (χ1n) is 7.08. The van der Waals surface area contributed by atoms with Crippen LogP contribution in [0.2, 0.25) is 5.02 Å². The highest BCUT2D eigenvalue weighted by Gasteiger charge is 2.14. The summed E-state index contributed by atoms with van der Waals surface area (Å²) in [5, 5.41) is 2.54. The third kappa shape index (κ3) is 5.09. The van der Waals surface area contributed by atoms with Gasteiger partial charge in [0.2, 0.25) is 0 Å². The molecule has 0 aliphatic heterocycles. The average molecular weight is 368 g/mol. The first-order chi connectivity index (χ1) is 11.9. The highest BCUT2D eigenvalue weighted by Crippen LogP contribution is 2.23. The number of halogens is 2. The van der Waals surface area contributed by atoms with Gasteiger partial charge < -0.3 is 19.5 Å². The smallest absolute Gasteiger partial charge is 0.338 e. The van der Waals surface area contributed by atoms with Crippen LogP contribution in [-0.2, 0) is 9.53 Å². The van der Waals surface area contributed by atoms with Gasteiger partial charge in [0, 0.05) is 11.1 Å². The van der Waals surface area contributed by atoms with E-state index in [-0.39, 0.29) is 16.3 Å². The second-order valence-corrected chi connectivity index (χ2v) is 5.29. The Balaban J connectivity index is 1.99. The van der Waals surface area contributed by atoms with Crippen molar-refractivity contribution in [3.8, 4) is 11.5 Å². The number of esters is 1. The number of methoxy groups -OCH3 is 2. The van der Waals surface area contributed by atoms with Crippen LogP contribution in [0.3, 0.4) is 0 Å². The number of hydrogen-bond donors (Lipinski definition) is 1. The van der Waals surface area contributed by atoms with Crippen LogP contribution in [-0.4, -0.2) is 32.7 Å². The molecule has 2 aromatic carbocycles. The van der Waals surface area contributed by atoms with Gasteiger partial charge in [-0.1, -0.05) is 11.6 Å². The molecule has 2 aromatic rings. The van der Waals surface area contributed by atoms with Crippen LogP contribution in [0.15, 0.2) is 36.4 Å². The van der Waals surface area contributed by atoms with Crippen LogP contribution in [0.5, 0.6) is 11.5 Å². The van der Waals surface area contributed by atoms with Crippen molar-refractivity contribution in [3.05, 3.63) is 52.8 Å². The van der Waals surface area contributed by atoms with E-state index in [1.54, 1.807) is 6.07 Å². The summed E-state index contributed by atoms with van der Waals surface area (Å²) >= 11 is 5.74.